The topological polar surface area (TPSA) is 80.8 Å². The standard InChI is InChI=1S/C29H33N3O4/c1-3-36-26-15-8-7-13-24(26)27(28(33)31-21-11-5-4-6-12-21)32(22-16-18-23(35-2)19-17-22)29(34)25-14-9-10-20-30-25/h7-10,13-21,27H,3-6,11-12H2,1-2H3,(H,31,33). The number of ether oxygens (including phenoxy) is 2. The van der Waals surface area contributed by atoms with Gasteiger partial charge in [-0.3, -0.25) is 19.5 Å². The maximum absolute atomic E-state index is 14.0. The lowest BCUT2D eigenvalue weighted by Crippen LogP contribution is -2.47. The van der Waals surface area contributed by atoms with Gasteiger partial charge in [0.2, 0.25) is 5.91 Å². The highest BCUT2D eigenvalue weighted by Gasteiger charge is 2.36. The fraction of sp³-hybridized carbons (Fsp3) is 0.345. The summed E-state index contributed by atoms with van der Waals surface area (Å²) in [4.78, 5) is 33.8. The second-order valence-corrected chi connectivity index (χ2v) is 8.81. The number of nitrogens with one attached hydrogen (secondary N) is 1. The molecule has 4 rings (SSSR count). The van der Waals surface area contributed by atoms with E-state index < -0.39 is 6.04 Å². The molecule has 1 aromatic heterocycles. The van der Waals surface area contributed by atoms with Gasteiger partial charge in [0.05, 0.1) is 13.7 Å². The molecule has 2 aromatic carbocycles. The summed E-state index contributed by atoms with van der Waals surface area (Å²) in [6.45, 7) is 2.33. The van der Waals surface area contributed by atoms with Crippen molar-refractivity contribution in [2.45, 2.75) is 51.1 Å². The lowest BCUT2D eigenvalue weighted by atomic mass is 9.94. The molecule has 3 aromatic rings. The predicted octanol–water partition coefficient (Wildman–Crippen LogP) is 5.33. The summed E-state index contributed by atoms with van der Waals surface area (Å²) < 4.78 is 11.2. The Hall–Kier alpha value is -3.87. The number of aromatic nitrogens is 1. The van der Waals surface area contributed by atoms with Crippen molar-refractivity contribution in [1.29, 1.82) is 0 Å². The Kier molecular flexibility index (Phi) is 8.55. The molecule has 1 N–H and O–H groups in total. The number of carbonyl (C=O) groups excluding carboxylic acids is 2. The molecular formula is C29H33N3O4. The van der Waals surface area contributed by atoms with E-state index in [2.05, 4.69) is 10.3 Å². The SMILES string of the molecule is CCOc1ccccc1C(C(=O)NC1CCCCC1)N(C(=O)c1ccccn1)c1ccc(OC)cc1. The van der Waals surface area contributed by atoms with Gasteiger partial charge in [-0.2, -0.15) is 0 Å². The number of hydrogen-bond donors (Lipinski definition) is 1. The van der Waals surface area contributed by atoms with Crippen LogP contribution in [0.15, 0.2) is 72.9 Å². The number of carbonyl (C=O) groups is 2. The van der Waals surface area contributed by atoms with E-state index in [4.69, 9.17) is 9.47 Å². The molecule has 7 nitrogen and oxygen atoms in total. The van der Waals surface area contributed by atoms with E-state index in [-0.39, 0.29) is 23.6 Å². The average Bonchev–Trinajstić information content (AvgIpc) is 2.93. The largest absolute Gasteiger partial charge is 0.497 e. The van der Waals surface area contributed by atoms with E-state index in [9.17, 15) is 9.59 Å². The molecule has 0 spiro atoms. The molecule has 1 fully saturated rings. The third-order valence-electron chi connectivity index (χ3n) is 6.42. The molecule has 0 aliphatic heterocycles. The van der Waals surface area contributed by atoms with Gasteiger partial charge >= 0.3 is 0 Å². The van der Waals surface area contributed by atoms with Crippen LogP contribution in [-0.2, 0) is 4.79 Å². The number of hydrogen-bond acceptors (Lipinski definition) is 5. The van der Waals surface area contributed by atoms with Crippen molar-refractivity contribution in [3.8, 4) is 11.5 Å². The Morgan fingerprint density at radius 3 is 2.39 bits per heavy atom. The Morgan fingerprint density at radius 2 is 1.72 bits per heavy atom. The molecule has 188 valence electrons. The summed E-state index contributed by atoms with van der Waals surface area (Å²) in [5.74, 6) is 0.600. The molecule has 1 unspecified atom stereocenters. The lowest BCUT2D eigenvalue weighted by Gasteiger charge is -2.34. The van der Waals surface area contributed by atoms with E-state index in [1.165, 1.54) is 11.3 Å². The maximum Gasteiger partial charge on any atom is 0.277 e. The van der Waals surface area contributed by atoms with Gasteiger partial charge < -0.3 is 14.8 Å². The second kappa shape index (κ2) is 12.2. The molecule has 1 atom stereocenters. The van der Waals surface area contributed by atoms with Crippen LogP contribution in [0.25, 0.3) is 0 Å². The number of pyridine rings is 1. The van der Waals surface area contributed by atoms with Crippen LogP contribution in [0.1, 0.15) is 61.1 Å². The number of anilines is 1. The predicted molar refractivity (Wildman–Crippen MR) is 139 cm³/mol. The van der Waals surface area contributed by atoms with Gasteiger partial charge in [0.1, 0.15) is 23.2 Å². The molecular weight excluding hydrogens is 454 g/mol. The zero-order chi connectivity index (χ0) is 25.3. The molecule has 7 heteroatoms. The van der Waals surface area contributed by atoms with Crippen LogP contribution in [0.2, 0.25) is 0 Å². The minimum absolute atomic E-state index is 0.0793. The molecule has 0 bridgehead atoms. The average molecular weight is 488 g/mol. The third kappa shape index (κ3) is 5.85. The summed E-state index contributed by atoms with van der Waals surface area (Å²) in [5.41, 5.74) is 1.42. The second-order valence-electron chi connectivity index (χ2n) is 8.81. The summed E-state index contributed by atoms with van der Waals surface area (Å²) in [7, 11) is 1.59. The van der Waals surface area contributed by atoms with Gasteiger partial charge in [-0.25, -0.2) is 0 Å². The molecule has 2 amide bonds. The van der Waals surface area contributed by atoms with E-state index in [0.717, 1.165) is 25.7 Å². The fourth-order valence-electron chi connectivity index (χ4n) is 4.66. The van der Waals surface area contributed by atoms with Crippen LogP contribution >= 0.6 is 0 Å². The van der Waals surface area contributed by atoms with E-state index in [1.807, 2.05) is 31.2 Å². The first-order valence-electron chi connectivity index (χ1n) is 12.5. The molecule has 36 heavy (non-hydrogen) atoms. The molecule has 1 aliphatic rings. The number of nitrogens with zero attached hydrogens (tertiary/aromatic N) is 2. The van der Waals surface area contributed by atoms with Crippen LogP contribution in [0.3, 0.4) is 0 Å². The molecule has 1 heterocycles. The number of benzene rings is 2. The van der Waals surface area contributed by atoms with Crippen molar-refractivity contribution >= 4 is 17.5 Å². The highest BCUT2D eigenvalue weighted by atomic mass is 16.5. The van der Waals surface area contributed by atoms with Crippen LogP contribution in [0.4, 0.5) is 5.69 Å². The van der Waals surface area contributed by atoms with Gasteiger partial charge in [-0.15, -0.1) is 0 Å². The molecule has 1 saturated carbocycles. The van der Waals surface area contributed by atoms with Gasteiger partial charge in [-0.1, -0.05) is 43.5 Å². The van der Waals surface area contributed by atoms with Crippen molar-refractivity contribution in [1.82, 2.24) is 10.3 Å². The first-order valence-corrected chi connectivity index (χ1v) is 12.5. The van der Waals surface area contributed by atoms with Gasteiger partial charge in [0.25, 0.3) is 5.91 Å². The van der Waals surface area contributed by atoms with Crippen molar-refractivity contribution in [3.05, 3.63) is 84.2 Å². The minimum atomic E-state index is -0.961. The Morgan fingerprint density at radius 1 is 1.00 bits per heavy atom. The highest BCUT2D eigenvalue weighted by molar-refractivity contribution is 6.09. The number of methoxy groups -OCH3 is 1. The van der Waals surface area contributed by atoms with Gasteiger partial charge in [0.15, 0.2) is 0 Å². The third-order valence-corrected chi connectivity index (χ3v) is 6.42. The van der Waals surface area contributed by atoms with E-state index >= 15 is 0 Å². The van der Waals surface area contributed by atoms with Crippen molar-refractivity contribution in [2.24, 2.45) is 0 Å². The van der Waals surface area contributed by atoms with Crippen LogP contribution < -0.4 is 19.7 Å². The van der Waals surface area contributed by atoms with Crippen LogP contribution in [0.5, 0.6) is 11.5 Å². The van der Waals surface area contributed by atoms with Crippen molar-refractivity contribution in [2.75, 3.05) is 18.6 Å². The summed E-state index contributed by atoms with van der Waals surface area (Å²) in [6.07, 6.45) is 6.79. The quantitative estimate of drug-likeness (QED) is 0.442. The fourth-order valence-corrected chi connectivity index (χ4v) is 4.66. The number of rotatable bonds is 9. The number of amides is 2. The van der Waals surface area contributed by atoms with Crippen molar-refractivity contribution < 1.29 is 19.1 Å². The van der Waals surface area contributed by atoms with E-state index in [1.54, 1.807) is 55.8 Å². The Labute approximate surface area is 212 Å². The number of para-hydroxylation sites is 1. The Balaban J connectivity index is 1.84. The first kappa shape index (κ1) is 25.2. The lowest BCUT2D eigenvalue weighted by molar-refractivity contribution is -0.123. The maximum atomic E-state index is 14.0. The molecule has 0 radical (unpaired) electrons. The summed E-state index contributed by atoms with van der Waals surface area (Å²) in [5, 5.41) is 3.23. The normalized spacial score (nSPS) is 14.5. The smallest absolute Gasteiger partial charge is 0.277 e. The highest BCUT2D eigenvalue weighted by Crippen LogP contribution is 2.35. The van der Waals surface area contributed by atoms with Crippen LogP contribution in [-0.4, -0.2) is 36.6 Å². The first-order chi connectivity index (χ1) is 17.6. The van der Waals surface area contributed by atoms with Gasteiger partial charge in [0, 0.05) is 23.5 Å². The zero-order valence-corrected chi connectivity index (χ0v) is 20.9. The van der Waals surface area contributed by atoms with Crippen molar-refractivity contribution in [3.63, 3.8) is 0 Å². The molecule has 0 saturated heterocycles. The summed E-state index contributed by atoms with van der Waals surface area (Å²) in [6, 6.07) is 18.8. The van der Waals surface area contributed by atoms with E-state index in [0.29, 0.717) is 29.4 Å². The van der Waals surface area contributed by atoms with Gasteiger partial charge in [-0.05, 0) is 62.2 Å². The zero-order valence-electron chi connectivity index (χ0n) is 20.9. The Bertz CT molecular complexity index is 1140. The minimum Gasteiger partial charge on any atom is -0.497 e. The monoisotopic (exact) mass is 487 g/mol. The summed E-state index contributed by atoms with van der Waals surface area (Å²) >= 11 is 0. The molecule has 1 aliphatic carbocycles. The van der Waals surface area contributed by atoms with Crippen LogP contribution in [0, 0.1) is 0 Å².